The van der Waals surface area contributed by atoms with E-state index >= 15 is 0 Å². The number of hydrogen-bond acceptors (Lipinski definition) is 4. The molecular formula is C7H15ClN2O2. The highest BCUT2D eigenvalue weighted by molar-refractivity contribution is 5.85. The van der Waals surface area contributed by atoms with Crippen molar-refractivity contribution in [3.8, 4) is 6.07 Å². The number of ether oxygens (including phenoxy) is 2. The minimum Gasteiger partial charge on any atom is -0.383 e. The smallest absolute Gasteiger partial charge is 0.0844 e. The predicted molar refractivity (Wildman–Crippen MR) is 48.4 cm³/mol. The zero-order valence-electron chi connectivity index (χ0n) is 7.37. The molecule has 0 radical (unpaired) electrons. The van der Waals surface area contributed by atoms with E-state index in [-0.39, 0.29) is 18.4 Å². The lowest BCUT2D eigenvalue weighted by Crippen LogP contribution is -2.37. The Balaban J connectivity index is 0. The Bertz CT molecular complexity index is 121. The van der Waals surface area contributed by atoms with Gasteiger partial charge in [-0.15, -0.1) is 12.4 Å². The van der Waals surface area contributed by atoms with Crippen molar-refractivity contribution in [1.29, 1.82) is 5.26 Å². The summed E-state index contributed by atoms with van der Waals surface area (Å²) in [7, 11) is 3.24. The van der Waals surface area contributed by atoms with E-state index in [1.54, 1.807) is 14.2 Å². The Morgan fingerprint density at radius 3 is 2.17 bits per heavy atom. The molecule has 0 aromatic rings. The molecule has 0 saturated carbocycles. The van der Waals surface area contributed by atoms with Crippen LogP contribution in [0.5, 0.6) is 0 Å². The molecule has 0 aliphatic rings. The molecule has 0 aromatic carbocycles. The lowest BCUT2D eigenvalue weighted by Gasteiger charge is -2.14. The van der Waals surface area contributed by atoms with Gasteiger partial charge in [0.25, 0.3) is 0 Å². The van der Waals surface area contributed by atoms with Crippen LogP contribution in [0.3, 0.4) is 0 Å². The maximum absolute atomic E-state index is 8.26. The molecule has 0 spiro atoms. The number of nitriles is 1. The fraction of sp³-hybridized carbons (Fsp3) is 0.857. The normalized spacial score (nSPS) is 9.17. The fourth-order valence-electron chi connectivity index (χ4n) is 0.758. The van der Waals surface area contributed by atoms with E-state index in [1.165, 1.54) is 0 Å². The van der Waals surface area contributed by atoms with Gasteiger partial charge in [-0.25, -0.2) is 0 Å². The zero-order chi connectivity index (χ0) is 8.53. The minimum absolute atomic E-state index is 0. The molecule has 0 fully saturated rings. The van der Waals surface area contributed by atoms with Crippen LogP contribution in [-0.4, -0.2) is 40.0 Å². The molecule has 0 bridgehead atoms. The van der Waals surface area contributed by atoms with Crippen LogP contribution in [0.4, 0.5) is 0 Å². The second-order valence-corrected chi connectivity index (χ2v) is 2.15. The molecule has 0 amide bonds. The quantitative estimate of drug-likeness (QED) is 0.613. The third kappa shape index (κ3) is 7.76. The highest BCUT2D eigenvalue weighted by atomic mass is 35.5. The molecule has 0 unspecified atom stereocenters. The molecule has 4 nitrogen and oxygen atoms in total. The van der Waals surface area contributed by atoms with Gasteiger partial charge in [0.1, 0.15) is 0 Å². The van der Waals surface area contributed by atoms with Gasteiger partial charge < -0.3 is 9.47 Å². The molecule has 72 valence electrons. The lowest BCUT2D eigenvalue weighted by molar-refractivity contribution is 0.105. The average Bonchev–Trinajstić information content (AvgIpc) is 2.01. The Morgan fingerprint density at radius 1 is 1.33 bits per heavy atom. The summed E-state index contributed by atoms with van der Waals surface area (Å²) in [4.78, 5) is 0. The molecular weight excluding hydrogens is 180 g/mol. The maximum atomic E-state index is 8.26. The number of nitrogens with one attached hydrogen (secondary N) is 1. The first kappa shape index (κ1) is 14.2. The highest BCUT2D eigenvalue weighted by Crippen LogP contribution is 1.84. The summed E-state index contributed by atoms with van der Waals surface area (Å²) in [6.45, 7) is 1.46. The predicted octanol–water partition coefficient (Wildman–Crippen LogP) is 0.183. The van der Waals surface area contributed by atoms with Crippen LogP contribution >= 0.6 is 12.4 Å². The SMILES string of the molecule is COCC(COC)NCC#N.Cl. The minimum atomic E-state index is 0. The second-order valence-electron chi connectivity index (χ2n) is 2.15. The Labute approximate surface area is 79.3 Å². The molecule has 0 aliphatic carbocycles. The van der Waals surface area contributed by atoms with Crippen molar-refractivity contribution in [2.45, 2.75) is 6.04 Å². The summed E-state index contributed by atoms with van der Waals surface area (Å²) in [6.07, 6.45) is 0. The van der Waals surface area contributed by atoms with Gasteiger partial charge in [0, 0.05) is 14.2 Å². The Morgan fingerprint density at radius 2 is 1.83 bits per heavy atom. The standard InChI is InChI=1S/C7H14N2O2.ClH/c1-10-5-7(6-11-2)9-4-3-8;/h7,9H,4-6H2,1-2H3;1H. The van der Waals surface area contributed by atoms with Crippen molar-refractivity contribution in [1.82, 2.24) is 5.32 Å². The third-order valence-electron chi connectivity index (χ3n) is 1.21. The number of nitrogens with zero attached hydrogens (tertiary/aromatic N) is 1. The van der Waals surface area contributed by atoms with Crippen LogP contribution in [0, 0.1) is 11.3 Å². The molecule has 1 N–H and O–H groups in total. The van der Waals surface area contributed by atoms with E-state index in [0.29, 0.717) is 19.8 Å². The van der Waals surface area contributed by atoms with Crippen LogP contribution in [0.25, 0.3) is 0 Å². The first-order valence-corrected chi connectivity index (χ1v) is 3.43. The van der Waals surface area contributed by atoms with Crippen molar-refractivity contribution < 1.29 is 9.47 Å². The van der Waals surface area contributed by atoms with Gasteiger partial charge in [-0.2, -0.15) is 5.26 Å². The summed E-state index contributed by atoms with van der Waals surface area (Å²) in [5.74, 6) is 0. The number of methoxy groups -OCH3 is 2. The topological polar surface area (TPSA) is 54.3 Å². The van der Waals surface area contributed by atoms with Gasteiger partial charge in [0.05, 0.1) is 31.9 Å². The van der Waals surface area contributed by atoms with Gasteiger partial charge in [0.15, 0.2) is 0 Å². The number of rotatable bonds is 6. The molecule has 5 heteroatoms. The largest absolute Gasteiger partial charge is 0.383 e. The summed E-state index contributed by atoms with van der Waals surface area (Å²) in [5, 5.41) is 11.2. The molecule has 0 aromatic heterocycles. The summed E-state index contributed by atoms with van der Waals surface area (Å²) < 4.78 is 9.80. The van der Waals surface area contributed by atoms with E-state index in [2.05, 4.69) is 5.32 Å². The second kappa shape index (κ2) is 10.7. The van der Waals surface area contributed by atoms with Crippen LogP contribution in [0.15, 0.2) is 0 Å². The van der Waals surface area contributed by atoms with Gasteiger partial charge in [-0.1, -0.05) is 0 Å². The average molecular weight is 195 g/mol. The molecule has 0 saturated heterocycles. The van der Waals surface area contributed by atoms with E-state index in [0.717, 1.165) is 0 Å². The lowest BCUT2D eigenvalue weighted by atomic mass is 10.3. The van der Waals surface area contributed by atoms with Crippen LogP contribution in [-0.2, 0) is 9.47 Å². The fourth-order valence-corrected chi connectivity index (χ4v) is 0.758. The van der Waals surface area contributed by atoms with Crippen molar-refractivity contribution in [3.05, 3.63) is 0 Å². The van der Waals surface area contributed by atoms with Crippen molar-refractivity contribution in [3.63, 3.8) is 0 Å². The Kier molecular flexibility index (Phi) is 12.6. The van der Waals surface area contributed by atoms with E-state index in [1.807, 2.05) is 6.07 Å². The van der Waals surface area contributed by atoms with Gasteiger partial charge in [-0.3, -0.25) is 5.32 Å². The first-order valence-electron chi connectivity index (χ1n) is 3.43. The zero-order valence-corrected chi connectivity index (χ0v) is 8.19. The monoisotopic (exact) mass is 194 g/mol. The van der Waals surface area contributed by atoms with Gasteiger partial charge in [-0.05, 0) is 0 Å². The van der Waals surface area contributed by atoms with Gasteiger partial charge in [0.2, 0.25) is 0 Å². The van der Waals surface area contributed by atoms with Crippen LogP contribution in [0.2, 0.25) is 0 Å². The Hall–Kier alpha value is -0.340. The van der Waals surface area contributed by atoms with E-state index in [4.69, 9.17) is 14.7 Å². The maximum Gasteiger partial charge on any atom is 0.0844 e. The summed E-state index contributed by atoms with van der Waals surface area (Å²) >= 11 is 0. The number of hydrogen-bond donors (Lipinski definition) is 1. The third-order valence-corrected chi connectivity index (χ3v) is 1.21. The summed E-state index contributed by atoms with van der Waals surface area (Å²) in [5.41, 5.74) is 0. The van der Waals surface area contributed by atoms with Crippen LogP contribution < -0.4 is 5.32 Å². The molecule has 0 heterocycles. The number of halogens is 1. The highest BCUT2D eigenvalue weighted by Gasteiger charge is 2.05. The van der Waals surface area contributed by atoms with E-state index < -0.39 is 0 Å². The van der Waals surface area contributed by atoms with Gasteiger partial charge >= 0.3 is 0 Å². The van der Waals surface area contributed by atoms with Crippen molar-refractivity contribution in [2.75, 3.05) is 34.0 Å². The molecule has 0 rings (SSSR count). The van der Waals surface area contributed by atoms with Crippen molar-refractivity contribution in [2.24, 2.45) is 0 Å². The first-order chi connectivity index (χ1) is 5.35. The molecule has 12 heavy (non-hydrogen) atoms. The molecule has 0 atom stereocenters. The summed E-state index contributed by atoms with van der Waals surface area (Å²) in [6, 6.07) is 2.11. The van der Waals surface area contributed by atoms with Crippen LogP contribution in [0.1, 0.15) is 0 Å². The molecule has 0 aliphatic heterocycles. The van der Waals surface area contributed by atoms with E-state index in [9.17, 15) is 0 Å². The van der Waals surface area contributed by atoms with Crippen molar-refractivity contribution >= 4 is 12.4 Å².